The van der Waals surface area contributed by atoms with Crippen LogP contribution in [0, 0.1) is 17.5 Å². The molecule has 0 unspecified atom stereocenters. The predicted octanol–water partition coefficient (Wildman–Crippen LogP) is 3.69. The zero-order valence-corrected chi connectivity index (χ0v) is 11.2. The lowest BCUT2D eigenvalue weighted by Crippen LogP contribution is -2.18. The minimum Gasteiger partial charge on any atom is -0.476 e. The third kappa shape index (κ3) is 3.56. The van der Waals surface area contributed by atoms with Crippen molar-refractivity contribution in [2.45, 2.75) is 25.9 Å². The molecular weight excluding hydrogens is 279 g/mol. The Labute approximate surface area is 112 Å². The highest BCUT2D eigenvalue weighted by molar-refractivity contribution is 8.13. The fourth-order valence-corrected chi connectivity index (χ4v) is 2.36. The Balaban J connectivity index is 1.90. The molecule has 0 atom stereocenters. The summed E-state index contributed by atoms with van der Waals surface area (Å²) in [6.07, 6.45) is 0.607. The average Bonchev–Trinajstić information content (AvgIpc) is 2.62. The van der Waals surface area contributed by atoms with Crippen LogP contribution in [0.1, 0.15) is 20.3 Å². The fourth-order valence-electron chi connectivity index (χ4n) is 1.50. The highest BCUT2D eigenvalue weighted by Gasteiger charge is 2.29. The molecule has 1 aromatic carbocycles. The van der Waals surface area contributed by atoms with Crippen LogP contribution in [-0.2, 0) is 4.84 Å². The number of hydrogen-bond acceptors (Lipinski definition) is 4. The van der Waals surface area contributed by atoms with E-state index >= 15 is 0 Å². The molecule has 0 aliphatic carbocycles. The highest BCUT2D eigenvalue weighted by Crippen LogP contribution is 2.29. The van der Waals surface area contributed by atoms with E-state index in [2.05, 4.69) is 5.16 Å². The third-order valence-corrected chi connectivity index (χ3v) is 3.15. The molecule has 1 heterocycles. The molecule has 1 aliphatic heterocycles. The van der Waals surface area contributed by atoms with Crippen LogP contribution >= 0.6 is 11.8 Å². The number of benzene rings is 1. The monoisotopic (exact) mass is 291 g/mol. The molecule has 0 saturated heterocycles. The van der Waals surface area contributed by atoms with Crippen LogP contribution in [0.15, 0.2) is 17.3 Å². The molecule has 1 aliphatic rings. The summed E-state index contributed by atoms with van der Waals surface area (Å²) in [6.45, 7) is 3.76. The zero-order valence-electron chi connectivity index (χ0n) is 10.4. The second-order valence-corrected chi connectivity index (χ2v) is 5.61. The number of halogens is 3. The largest absolute Gasteiger partial charge is 0.476 e. The van der Waals surface area contributed by atoms with Crippen molar-refractivity contribution in [3.05, 3.63) is 29.6 Å². The van der Waals surface area contributed by atoms with Crippen LogP contribution in [0.2, 0.25) is 0 Å². The molecule has 0 saturated carbocycles. The van der Waals surface area contributed by atoms with E-state index < -0.39 is 23.2 Å². The third-order valence-electron chi connectivity index (χ3n) is 2.36. The predicted molar refractivity (Wildman–Crippen MR) is 66.6 cm³/mol. The molecule has 3 nitrogen and oxygen atoms in total. The van der Waals surface area contributed by atoms with Gasteiger partial charge in [0.2, 0.25) is 0 Å². The first-order valence-corrected chi connectivity index (χ1v) is 6.51. The first kappa shape index (κ1) is 14.0. The van der Waals surface area contributed by atoms with Crippen molar-refractivity contribution in [3.63, 3.8) is 0 Å². The lowest BCUT2D eigenvalue weighted by atomic mass is 10.1. The highest BCUT2D eigenvalue weighted by atomic mass is 32.2. The van der Waals surface area contributed by atoms with E-state index in [4.69, 9.17) is 9.57 Å². The van der Waals surface area contributed by atoms with Crippen LogP contribution in [0.25, 0.3) is 0 Å². The standard InChI is InChI=1S/C12H12F3NO2S/c1-12(2)5-10(16-18-12)19-6-17-11-8(14)3-7(13)4-9(11)15/h3-4H,5-6H2,1-2H3. The topological polar surface area (TPSA) is 30.8 Å². The van der Waals surface area contributed by atoms with Gasteiger partial charge in [-0.1, -0.05) is 16.9 Å². The van der Waals surface area contributed by atoms with E-state index in [9.17, 15) is 13.2 Å². The number of ether oxygens (including phenoxy) is 1. The molecule has 0 bridgehead atoms. The SMILES string of the molecule is CC1(C)CC(SCOc2c(F)cc(F)cc2F)=NO1. The van der Waals surface area contributed by atoms with E-state index in [-0.39, 0.29) is 11.5 Å². The normalized spacial score (nSPS) is 17.0. The van der Waals surface area contributed by atoms with Gasteiger partial charge in [0.15, 0.2) is 17.4 Å². The minimum absolute atomic E-state index is 0.0300. The van der Waals surface area contributed by atoms with Gasteiger partial charge in [0.25, 0.3) is 0 Å². The van der Waals surface area contributed by atoms with Crippen molar-refractivity contribution in [1.29, 1.82) is 0 Å². The van der Waals surface area contributed by atoms with Crippen molar-refractivity contribution < 1.29 is 22.7 Å². The molecule has 0 spiro atoms. The Morgan fingerprint density at radius 1 is 1.32 bits per heavy atom. The number of nitrogens with zero attached hydrogens (tertiary/aromatic N) is 1. The molecule has 1 aromatic rings. The van der Waals surface area contributed by atoms with Crippen molar-refractivity contribution in [2.75, 3.05) is 5.94 Å². The first-order valence-electron chi connectivity index (χ1n) is 5.52. The molecule has 7 heteroatoms. The molecule has 19 heavy (non-hydrogen) atoms. The van der Waals surface area contributed by atoms with Gasteiger partial charge in [0.1, 0.15) is 22.4 Å². The molecule has 2 rings (SSSR count). The Bertz CT molecular complexity index is 497. The summed E-state index contributed by atoms with van der Waals surface area (Å²) in [6, 6.07) is 1.14. The summed E-state index contributed by atoms with van der Waals surface area (Å²) in [7, 11) is 0. The maximum atomic E-state index is 13.3. The van der Waals surface area contributed by atoms with Gasteiger partial charge in [-0.15, -0.1) is 0 Å². The Morgan fingerprint density at radius 2 is 1.95 bits per heavy atom. The number of thioether (sulfide) groups is 1. The van der Waals surface area contributed by atoms with Gasteiger partial charge in [-0.25, -0.2) is 13.2 Å². The maximum absolute atomic E-state index is 13.3. The fraction of sp³-hybridized carbons (Fsp3) is 0.417. The molecule has 0 radical (unpaired) electrons. The van der Waals surface area contributed by atoms with Crippen molar-refractivity contribution in [2.24, 2.45) is 5.16 Å². The van der Waals surface area contributed by atoms with Crippen LogP contribution in [0.5, 0.6) is 5.75 Å². The molecule has 0 fully saturated rings. The van der Waals surface area contributed by atoms with Crippen molar-refractivity contribution in [3.8, 4) is 5.75 Å². The van der Waals surface area contributed by atoms with E-state index in [1.165, 1.54) is 11.8 Å². The van der Waals surface area contributed by atoms with Gasteiger partial charge in [-0.2, -0.15) is 0 Å². The smallest absolute Gasteiger partial charge is 0.192 e. The first-order chi connectivity index (χ1) is 8.87. The number of hydrogen-bond donors (Lipinski definition) is 0. The summed E-state index contributed by atoms with van der Waals surface area (Å²) in [5.41, 5.74) is -0.366. The maximum Gasteiger partial charge on any atom is 0.192 e. The second-order valence-electron chi connectivity index (χ2n) is 4.62. The van der Waals surface area contributed by atoms with Crippen molar-refractivity contribution in [1.82, 2.24) is 0 Å². The summed E-state index contributed by atoms with van der Waals surface area (Å²) < 4.78 is 44.2. The van der Waals surface area contributed by atoms with E-state index in [1.54, 1.807) is 0 Å². The molecular formula is C12H12F3NO2S. The van der Waals surface area contributed by atoms with Crippen LogP contribution in [0.3, 0.4) is 0 Å². The lowest BCUT2D eigenvalue weighted by molar-refractivity contribution is 0.0123. The Hall–Kier alpha value is -1.37. The summed E-state index contributed by atoms with van der Waals surface area (Å²) in [5.74, 6) is -3.73. The zero-order chi connectivity index (χ0) is 14.0. The van der Waals surface area contributed by atoms with E-state index in [1.807, 2.05) is 13.8 Å². The summed E-state index contributed by atoms with van der Waals surface area (Å²) in [4.78, 5) is 5.13. The van der Waals surface area contributed by atoms with Gasteiger partial charge in [0.05, 0.1) is 0 Å². The van der Waals surface area contributed by atoms with Crippen LogP contribution in [0.4, 0.5) is 13.2 Å². The van der Waals surface area contributed by atoms with Crippen molar-refractivity contribution >= 4 is 16.8 Å². The minimum atomic E-state index is -1.07. The Morgan fingerprint density at radius 3 is 2.47 bits per heavy atom. The van der Waals surface area contributed by atoms with Crippen LogP contribution < -0.4 is 4.74 Å². The van der Waals surface area contributed by atoms with Gasteiger partial charge < -0.3 is 9.57 Å². The molecule has 0 amide bonds. The summed E-state index contributed by atoms with van der Waals surface area (Å²) >= 11 is 1.18. The average molecular weight is 291 g/mol. The quantitative estimate of drug-likeness (QED) is 0.796. The van der Waals surface area contributed by atoms with Gasteiger partial charge >= 0.3 is 0 Å². The van der Waals surface area contributed by atoms with Gasteiger partial charge in [0, 0.05) is 18.6 Å². The second kappa shape index (κ2) is 5.32. The molecule has 104 valence electrons. The number of rotatable bonds is 3. The summed E-state index contributed by atoms with van der Waals surface area (Å²) in [5, 5.41) is 4.52. The number of oxime groups is 1. The van der Waals surface area contributed by atoms with E-state index in [0.717, 1.165) is 0 Å². The van der Waals surface area contributed by atoms with Gasteiger partial charge in [-0.3, -0.25) is 0 Å². The lowest BCUT2D eigenvalue weighted by Gasteiger charge is -2.13. The van der Waals surface area contributed by atoms with E-state index in [0.29, 0.717) is 23.6 Å². The van der Waals surface area contributed by atoms with Crippen LogP contribution in [-0.4, -0.2) is 16.6 Å². The molecule has 0 aromatic heterocycles. The van der Waals surface area contributed by atoms with Gasteiger partial charge in [-0.05, 0) is 13.8 Å². The molecule has 0 N–H and O–H groups in total. The Kier molecular flexibility index (Phi) is 3.93.